The minimum atomic E-state index is -2.08. The number of carbonyl (C=O) groups is 4. The maximum absolute atomic E-state index is 16.6. The van der Waals surface area contributed by atoms with Gasteiger partial charge in [-0.3, -0.25) is 24.2 Å². The van der Waals surface area contributed by atoms with Crippen molar-refractivity contribution >= 4 is 40.9 Å². The number of cyclic esters (lactones) is 1. The number of hydrogen-bond acceptors (Lipinski definition) is 13. The third-order valence-electron chi connectivity index (χ3n) is 14.4. The van der Waals surface area contributed by atoms with Gasteiger partial charge in [0, 0.05) is 43.7 Å². The molecule has 0 aromatic heterocycles. The Labute approximate surface area is 436 Å². The number of aliphatic hydroxyl groups excluding tert-OH is 1. The maximum Gasteiger partial charge on any atom is 0.421 e. The van der Waals surface area contributed by atoms with Crippen LogP contribution in [0.1, 0.15) is 51.6 Å². The fourth-order valence-corrected chi connectivity index (χ4v) is 11.2. The minimum Gasteiger partial charge on any atom is -0.491 e. The topological polar surface area (TPSA) is 160 Å². The Morgan fingerprint density at radius 2 is 1.48 bits per heavy atom. The van der Waals surface area contributed by atoms with Crippen molar-refractivity contribution in [3.63, 3.8) is 0 Å². The molecule has 3 saturated heterocycles. The summed E-state index contributed by atoms with van der Waals surface area (Å²) in [6, 6.07) is 45.3. The molecule has 6 aromatic rings. The van der Waals surface area contributed by atoms with Crippen molar-refractivity contribution in [2.24, 2.45) is 5.92 Å². The molecule has 384 valence electrons. The largest absolute Gasteiger partial charge is 0.491 e. The average Bonchev–Trinajstić information content (AvgIpc) is 3.90. The van der Waals surface area contributed by atoms with E-state index in [1.165, 1.54) is 7.11 Å². The number of rotatable bonds is 15. The molecule has 4 aliphatic rings. The van der Waals surface area contributed by atoms with Gasteiger partial charge in [-0.25, -0.2) is 9.69 Å². The molecule has 2 N–H and O–H groups in total. The summed E-state index contributed by atoms with van der Waals surface area (Å²) in [5, 5.41) is 13.0. The number of imide groups is 1. The lowest BCUT2D eigenvalue weighted by Crippen LogP contribution is -2.54. The number of hydrogen-bond donors (Lipinski definition) is 2. The molecule has 15 nitrogen and oxygen atoms in total. The smallest absolute Gasteiger partial charge is 0.421 e. The molecule has 6 atom stereocenters. The van der Waals surface area contributed by atoms with Gasteiger partial charge < -0.3 is 39.0 Å². The van der Waals surface area contributed by atoms with Crippen LogP contribution in [-0.4, -0.2) is 118 Å². The molecule has 75 heavy (non-hydrogen) atoms. The van der Waals surface area contributed by atoms with E-state index < -0.39 is 59.4 Å². The second kappa shape index (κ2) is 22.7. The first-order valence-electron chi connectivity index (χ1n) is 25.2. The summed E-state index contributed by atoms with van der Waals surface area (Å²) in [5.41, 5.74) is 3.33. The number of esters is 1. The molecule has 3 fully saturated rings. The highest BCUT2D eigenvalue weighted by molar-refractivity contribution is 6.24. The summed E-state index contributed by atoms with van der Waals surface area (Å²) in [6.07, 6.45) is -1.92. The van der Waals surface area contributed by atoms with E-state index in [4.69, 9.17) is 23.7 Å². The fraction of sp³-hybridized carbons (Fsp3) is 0.300. The van der Waals surface area contributed by atoms with Crippen molar-refractivity contribution in [3.05, 3.63) is 191 Å². The lowest BCUT2D eigenvalue weighted by atomic mass is 9.65. The Bertz CT molecular complexity index is 3050. The molecule has 0 saturated carbocycles. The molecule has 4 heterocycles. The molecule has 6 unspecified atom stereocenters. The zero-order valence-corrected chi connectivity index (χ0v) is 41.9. The van der Waals surface area contributed by atoms with Crippen molar-refractivity contribution in [2.75, 3.05) is 88.5 Å². The van der Waals surface area contributed by atoms with Crippen molar-refractivity contribution in [3.8, 4) is 17.6 Å². The number of carbonyl (C=O) groups excluding carboxylic acids is 4. The third-order valence-corrected chi connectivity index (χ3v) is 14.4. The Kier molecular flexibility index (Phi) is 15.4. The van der Waals surface area contributed by atoms with Gasteiger partial charge in [-0.1, -0.05) is 115 Å². The lowest BCUT2D eigenvalue weighted by Gasteiger charge is -2.46. The molecule has 15 heteroatoms. The summed E-state index contributed by atoms with van der Waals surface area (Å²) in [7, 11) is 3.45. The number of fused-ring (bicyclic) bond motifs is 3. The van der Waals surface area contributed by atoms with Crippen LogP contribution in [0.5, 0.6) is 5.75 Å². The Morgan fingerprint density at radius 1 is 0.787 bits per heavy atom. The van der Waals surface area contributed by atoms with E-state index in [0.717, 1.165) is 21.7 Å². The van der Waals surface area contributed by atoms with E-state index >= 15 is 14.4 Å². The molecular formula is C60H59N5O10. The summed E-state index contributed by atoms with van der Waals surface area (Å²) in [4.78, 5) is 70.2. The molecular weight excluding hydrogens is 951 g/mol. The normalized spacial score (nSPS) is 22.0. The van der Waals surface area contributed by atoms with E-state index in [0.29, 0.717) is 73.1 Å². The van der Waals surface area contributed by atoms with E-state index in [-0.39, 0.29) is 32.1 Å². The Balaban J connectivity index is 1.20. The zero-order valence-electron chi connectivity index (χ0n) is 41.9. The summed E-state index contributed by atoms with van der Waals surface area (Å²) < 4.78 is 29.3. The van der Waals surface area contributed by atoms with Crippen LogP contribution < -0.4 is 19.9 Å². The number of ether oxygens (including phenoxy) is 5. The first-order valence-corrected chi connectivity index (χ1v) is 25.2. The number of morpholine rings is 2. The summed E-state index contributed by atoms with van der Waals surface area (Å²) >= 11 is 0. The highest BCUT2D eigenvalue weighted by Crippen LogP contribution is 2.66. The molecule has 4 aliphatic heterocycles. The fourth-order valence-electron chi connectivity index (χ4n) is 11.2. The first kappa shape index (κ1) is 50.7. The van der Waals surface area contributed by atoms with Crippen LogP contribution in [0.3, 0.4) is 0 Å². The van der Waals surface area contributed by atoms with Gasteiger partial charge in [0.25, 0.3) is 0 Å². The number of aliphatic hydroxyl groups is 1. The van der Waals surface area contributed by atoms with Crippen molar-refractivity contribution in [2.45, 2.75) is 36.2 Å². The van der Waals surface area contributed by atoms with E-state index in [9.17, 15) is 9.90 Å². The van der Waals surface area contributed by atoms with E-state index in [1.807, 2.05) is 109 Å². The number of amides is 3. The van der Waals surface area contributed by atoms with Gasteiger partial charge in [0.05, 0.1) is 56.7 Å². The summed E-state index contributed by atoms with van der Waals surface area (Å²) in [6.45, 7) is 3.25. The number of anilines is 3. The zero-order chi connectivity index (χ0) is 51.9. The molecule has 1 spiro atoms. The number of nitrogens with zero attached hydrogens (tertiary/aromatic N) is 4. The van der Waals surface area contributed by atoms with Crippen molar-refractivity contribution in [1.29, 1.82) is 0 Å². The second-order valence-corrected chi connectivity index (χ2v) is 19.0. The van der Waals surface area contributed by atoms with Gasteiger partial charge in [-0.05, 0) is 89.5 Å². The minimum absolute atomic E-state index is 0.0264. The highest BCUT2D eigenvalue weighted by atomic mass is 16.6. The van der Waals surface area contributed by atoms with Crippen LogP contribution in [0.15, 0.2) is 158 Å². The average molecular weight is 1010 g/mol. The molecule has 6 aromatic carbocycles. The first-order chi connectivity index (χ1) is 36.7. The molecule has 0 bridgehead atoms. The predicted molar refractivity (Wildman–Crippen MR) is 282 cm³/mol. The van der Waals surface area contributed by atoms with Crippen LogP contribution in [0.4, 0.5) is 21.9 Å². The number of nitrogens with one attached hydrogen (secondary N) is 1. The SMILES string of the molecule is COCCOC(=O)N1C(=O)C2(c3cc(C#CCN(C)Cc4ccccc4)ccc31)C(C(=O)Nc1ccc(N3CCOCC3)cc1)C1C(=O)OC(c3ccccc3)C(c3ccccc3)N1C2c1cccc(OCCO)c1. The lowest BCUT2D eigenvalue weighted by molar-refractivity contribution is -0.177. The van der Waals surface area contributed by atoms with Crippen molar-refractivity contribution in [1.82, 2.24) is 9.80 Å². The summed E-state index contributed by atoms with van der Waals surface area (Å²) in [5.74, 6) is 3.25. The Morgan fingerprint density at radius 3 is 2.19 bits per heavy atom. The highest BCUT2D eigenvalue weighted by Gasteiger charge is 2.76. The van der Waals surface area contributed by atoms with Crippen LogP contribution >= 0.6 is 0 Å². The quantitative estimate of drug-likeness (QED) is 0.0594. The van der Waals surface area contributed by atoms with Gasteiger partial charge >= 0.3 is 12.1 Å². The van der Waals surface area contributed by atoms with E-state index in [1.54, 1.807) is 48.5 Å². The molecule has 3 amide bonds. The van der Waals surface area contributed by atoms with Gasteiger partial charge in [0.2, 0.25) is 11.8 Å². The standard InChI is InChI=1S/C60H59N5O10/c1-62(40-42-14-6-3-7-15-42)29-13-16-41-23-28-50-49(38-41)60(58(69)64(50)59(70)74-37-36-71-2)51(56(67)61-46-24-26-47(27-25-46)63-30-33-72-34-31-63)53-57(68)75-54(44-19-10-5-11-20-44)52(43-17-8-4-9-18-43)65(53)55(60)45-21-12-22-48(39-45)73-35-32-66/h3-12,14-15,17-28,38-39,51-55,66H,29-37,40H2,1-2H3,(H,61,67). The van der Waals surface area contributed by atoms with Gasteiger partial charge in [-0.2, -0.15) is 0 Å². The van der Waals surface area contributed by atoms with Crippen molar-refractivity contribution < 1.29 is 48.0 Å². The molecule has 10 rings (SSSR count). The van der Waals surface area contributed by atoms with Crippen LogP contribution in [0, 0.1) is 17.8 Å². The number of methoxy groups -OCH3 is 1. The van der Waals surface area contributed by atoms with Gasteiger partial charge in [0.1, 0.15) is 36.5 Å². The predicted octanol–water partition coefficient (Wildman–Crippen LogP) is 7.47. The second-order valence-electron chi connectivity index (χ2n) is 19.0. The van der Waals surface area contributed by atoms with Crippen LogP contribution in [0.2, 0.25) is 0 Å². The van der Waals surface area contributed by atoms with Gasteiger partial charge in [0.15, 0.2) is 0 Å². The monoisotopic (exact) mass is 1010 g/mol. The Hall–Kier alpha value is -7.84. The molecule has 0 aliphatic carbocycles. The van der Waals surface area contributed by atoms with Crippen LogP contribution in [-0.2, 0) is 45.3 Å². The van der Waals surface area contributed by atoms with Crippen LogP contribution in [0.25, 0.3) is 0 Å². The number of benzene rings is 6. The molecule has 0 radical (unpaired) electrons. The van der Waals surface area contributed by atoms with E-state index in [2.05, 4.69) is 39.1 Å². The van der Waals surface area contributed by atoms with Gasteiger partial charge in [-0.15, -0.1) is 0 Å². The maximum atomic E-state index is 16.6. The third kappa shape index (κ3) is 10.1.